The molecule has 0 atom stereocenters. The second kappa shape index (κ2) is 7.28. The van der Waals surface area contributed by atoms with Crippen molar-refractivity contribution in [3.05, 3.63) is 70.2 Å². The van der Waals surface area contributed by atoms with E-state index in [9.17, 15) is 8.42 Å². The zero-order valence-electron chi connectivity index (χ0n) is 13.0. The molecule has 24 heavy (non-hydrogen) atoms. The molecule has 0 N–H and O–H groups in total. The van der Waals surface area contributed by atoms with Crippen LogP contribution >= 0.6 is 23.2 Å². The van der Waals surface area contributed by atoms with Crippen LogP contribution in [0.15, 0.2) is 59.5 Å². The molecule has 1 aliphatic rings. The summed E-state index contributed by atoms with van der Waals surface area (Å²) in [4.78, 5) is 0.108. The van der Waals surface area contributed by atoms with Gasteiger partial charge in [-0.15, -0.1) is 0 Å². The van der Waals surface area contributed by atoms with E-state index in [0.717, 1.165) is 5.56 Å². The summed E-state index contributed by atoms with van der Waals surface area (Å²) in [5, 5.41) is 0.575. The van der Waals surface area contributed by atoms with Crippen molar-refractivity contribution < 1.29 is 8.42 Å². The molecule has 0 saturated heterocycles. The van der Waals surface area contributed by atoms with Crippen LogP contribution < -0.4 is 0 Å². The van der Waals surface area contributed by atoms with E-state index in [4.69, 9.17) is 23.2 Å². The lowest BCUT2D eigenvalue weighted by Gasteiger charge is -2.21. The van der Waals surface area contributed by atoms with Crippen LogP contribution in [0.2, 0.25) is 10.0 Å². The number of nitrogens with zero attached hydrogens (tertiary/aromatic N) is 1. The summed E-state index contributed by atoms with van der Waals surface area (Å²) in [6.45, 7) is 0.875. The van der Waals surface area contributed by atoms with Crippen LogP contribution in [0.4, 0.5) is 0 Å². The molecule has 1 heterocycles. The van der Waals surface area contributed by atoms with Gasteiger partial charge in [0.2, 0.25) is 10.0 Å². The van der Waals surface area contributed by atoms with E-state index >= 15 is 0 Å². The van der Waals surface area contributed by atoms with Gasteiger partial charge < -0.3 is 0 Å². The van der Waals surface area contributed by atoms with E-state index < -0.39 is 10.0 Å². The van der Waals surface area contributed by atoms with E-state index in [1.54, 1.807) is 6.07 Å². The lowest BCUT2D eigenvalue weighted by atomic mass is 10.0. The Hall–Kier alpha value is -1.33. The Balaban J connectivity index is 1.82. The Morgan fingerprint density at radius 1 is 0.958 bits per heavy atom. The maximum absolute atomic E-state index is 12.9. The van der Waals surface area contributed by atoms with Crippen LogP contribution in [0.25, 0.3) is 5.57 Å². The lowest BCUT2D eigenvalue weighted by Crippen LogP contribution is -2.32. The normalized spacial score (nSPS) is 16.5. The maximum atomic E-state index is 12.9. The van der Waals surface area contributed by atoms with Gasteiger partial charge in [-0.25, -0.2) is 8.42 Å². The number of hydrogen-bond acceptors (Lipinski definition) is 2. The van der Waals surface area contributed by atoms with Crippen molar-refractivity contribution in [2.24, 2.45) is 0 Å². The fraction of sp³-hybridized carbons (Fsp3) is 0.222. The van der Waals surface area contributed by atoms with E-state index in [0.29, 0.717) is 31.0 Å². The molecule has 0 unspecified atom stereocenters. The molecule has 0 amide bonds. The van der Waals surface area contributed by atoms with E-state index in [2.05, 4.69) is 6.08 Å². The van der Waals surface area contributed by atoms with Crippen LogP contribution in [-0.4, -0.2) is 25.8 Å². The summed E-state index contributed by atoms with van der Waals surface area (Å²) in [6, 6.07) is 14.5. The molecule has 3 rings (SSSR count). The van der Waals surface area contributed by atoms with Gasteiger partial charge in [-0.05, 0) is 42.2 Å². The first kappa shape index (κ1) is 17.5. The number of sulfonamides is 1. The van der Waals surface area contributed by atoms with Crippen molar-refractivity contribution in [2.75, 3.05) is 13.1 Å². The van der Waals surface area contributed by atoms with Gasteiger partial charge in [-0.2, -0.15) is 4.31 Å². The Labute approximate surface area is 152 Å². The second-order valence-electron chi connectivity index (χ2n) is 5.61. The number of rotatable bonds is 3. The van der Waals surface area contributed by atoms with Crippen LogP contribution in [0.5, 0.6) is 0 Å². The molecule has 0 radical (unpaired) electrons. The Kier molecular flexibility index (Phi) is 5.30. The van der Waals surface area contributed by atoms with Gasteiger partial charge in [0.15, 0.2) is 0 Å². The summed E-state index contributed by atoms with van der Waals surface area (Å²) >= 11 is 12.0. The number of benzene rings is 2. The average Bonchev–Trinajstić information content (AvgIpc) is 2.82. The Morgan fingerprint density at radius 2 is 1.71 bits per heavy atom. The zero-order valence-corrected chi connectivity index (χ0v) is 15.3. The van der Waals surface area contributed by atoms with Gasteiger partial charge in [-0.1, -0.05) is 59.6 Å². The van der Waals surface area contributed by atoms with Crippen molar-refractivity contribution in [1.29, 1.82) is 0 Å². The lowest BCUT2D eigenvalue weighted by molar-refractivity contribution is 0.429. The number of hydrogen-bond donors (Lipinski definition) is 0. The Bertz CT molecular complexity index is 864. The predicted octanol–water partition coefficient (Wildman–Crippen LogP) is 4.86. The molecule has 6 heteroatoms. The third-order valence-corrected chi connectivity index (χ3v) is 6.67. The molecule has 3 nitrogen and oxygen atoms in total. The highest BCUT2D eigenvalue weighted by Crippen LogP contribution is 2.30. The molecule has 0 saturated carbocycles. The SMILES string of the molecule is O=S(=O)(c1ccc(Cl)cc1Cl)N1CCC=C(c2ccccc2)CC1. The molecule has 2 aromatic rings. The van der Waals surface area contributed by atoms with Gasteiger partial charge in [-0.3, -0.25) is 0 Å². The van der Waals surface area contributed by atoms with E-state index in [1.807, 2.05) is 30.3 Å². The van der Waals surface area contributed by atoms with Crippen LogP contribution in [0.3, 0.4) is 0 Å². The van der Waals surface area contributed by atoms with Gasteiger partial charge >= 0.3 is 0 Å². The highest BCUT2D eigenvalue weighted by molar-refractivity contribution is 7.89. The summed E-state index contributed by atoms with van der Waals surface area (Å²) in [6.07, 6.45) is 3.47. The monoisotopic (exact) mass is 381 g/mol. The highest BCUT2D eigenvalue weighted by atomic mass is 35.5. The predicted molar refractivity (Wildman–Crippen MR) is 98.9 cm³/mol. The minimum Gasteiger partial charge on any atom is -0.207 e. The average molecular weight is 382 g/mol. The molecule has 126 valence electrons. The topological polar surface area (TPSA) is 37.4 Å². The molecular weight excluding hydrogens is 365 g/mol. The summed E-state index contributed by atoms with van der Waals surface area (Å²) in [5.41, 5.74) is 2.32. The van der Waals surface area contributed by atoms with Crippen molar-refractivity contribution in [2.45, 2.75) is 17.7 Å². The molecular formula is C18H17Cl2NO2S. The summed E-state index contributed by atoms with van der Waals surface area (Å²) < 4.78 is 27.3. The fourth-order valence-corrected chi connectivity index (χ4v) is 5.02. The molecule has 0 spiro atoms. The summed E-state index contributed by atoms with van der Waals surface area (Å²) in [5.74, 6) is 0. The molecule has 2 aromatic carbocycles. The molecule has 0 fully saturated rings. The standard InChI is InChI=1S/C18H17Cl2NO2S/c19-16-8-9-18(17(20)13-16)24(22,23)21-11-4-7-15(10-12-21)14-5-2-1-3-6-14/h1-3,5-9,13H,4,10-12H2. The first-order valence-electron chi connectivity index (χ1n) is 7.68. The van der Waals surface area contributed by atoms with Crippen LogP contribution in [0, 0.1) is 0 Å². The van der Waals surface area contributed by atoms with E-state index in [-0.39, 0.29) is 9.92 Å². The zero-order chi connectivity index (χ0) is 17.2. The van der Waals surface area contributed by atoms with Gasteiger partial charge in [0, 0.05) is 18.1 Å². The first-order chi connectivity index (χ1) is 11.5. The quantitative estimate of drug-likeness (QED) is 0.760. The minimum atomic E-state index is -3.63. The van der Waals surface area contributed by atoms with Crippen LogP contribution in [-0.2, 0) is 10.0 Å². The largest absolute Gasteiger partial charge is 0.244 e. The highest BCUT2D eigenvalue weighted by Gasteiger charge is 2.27. The van der Waals surface area contributed by atoms with Crippen LogP contribution in [0.1, 0.15) is 18.4 Å². The smallest absolute Gasteiger partial charge is 0.207 e. The first-order valence-corrected chi connectivity index (χ1v) is 9.88. The van der Waals surface area contributed by atoms with Gasteiger partial charge in [0.1, 0.15) is 4.90 Å². The van der Waals surface area contributed by atoms with Crippen molar-refractivity contribution in [3.8, 4) is 0 Å². The third kappa shape index (κ3) is 3.67. The molecule has 0 aliphatic carbocycles. The second-order valence-corrected chi connectivity index (χ2v) is 8.36. The summed E-state index contributed by atoms with van der Waals surface area (Å²) in [7, 11) is -3.63. The van der Waals surface area contributed by atoms with Crippen molar-refractivity contribution in [3.63, 3.8) is 0 Å². The van der Waals surface area contributed by atoms with Crippen molar-refractivity contribution in [1.82, 2.24) is 4.31 Å². The maximum Gasteiger partial charge on any atom is 0.244 e. The van der Waals surface area contributed by atoms with Crippen molar-refractivity contribution >= 4 is 38.8 Å². The fourth-order valence-electron chi connectivity index (χ4n) is 2.82. The van der Waals surface area contributed by atoms with Gasteiger partial charge in [0.25, 0.3) is 0 Å². The number of halogens is 2. The third-order valence-electron chi connectivity index (χ3n) is 4.06. The minimum absolute atomic E-state index is 0.108. The van der Waals surface area contributed by atoms with E-state index in [1.165, 1.54) is 22.0 Å². The molecule has 0 bridgehead atoms. The molecule has 1 aliphatic heterocycles. The Morgan fingerprint density at radius 3 is 2.42 bits per heavy atom. The molecule has 0 aromatic heterocycles. The van der Waals surface area contributed by atoms with Gasteiger partial charge in [0.05, 0.1) is 5.02 Å².